The third kappa shape index (κ3) is 4.29. The molecule has 0 bridgehead atoms. The largest absolute Gasteiger partial charge is 0.497 e. The second-order valence-electron chi connectivity index (χ2n) is 5.45. The molecule has 2 rings (SSSR count). The molecule has 0 aliphatic carbocycles. The summed E-state index contributed by atoms with van der Waals surface area (Å²) in [5.41, 5.74) is 0.624. The summed E-state index contributed by atoms with van der Waals surface area (Å²) in [4.78, 5) is 4.33. The van der Waals surface area contributed by atoms with E-state index < -0.39 is 0 Å². The van der Waals surface area contributed by atoms with Crippen LogP contribution in [0.4, 0.5) is 4.39 Å². The summed E-state index contributed by atoms with van der Waals surface area (Å²) in [7, 11) is 1.53. The fourth-order valence-corrected chi connectivity index (χ4v) is 2.09. The number of rotatable bonds is 7. The first-order valence-electron chi connectivity index (χ1n) is 7.13. The summed E-state index contributed by atoms with van der Waals surface area (Å²) in [6, 6.07) is 4.93. The van der Waals surface area contributed by atoms with Gasteiger partial charge in [-0.1, -0.05) is 19.9 Å². The molecular weight excluding hydrogens is 269 g/mol. The van der Waals surface area contributed by atoms with Crippen LogP contribution in [0, 0.1) is 11.7 Å². The molecule has 0 saturated carbocycles. The molecule has 0 radical (unpaired) electrons. The van der Waals surface area contributed by atoms with Gasteiger partial charge >= 0.3 is 0 Å². The van der Waals surface area contributed by atoms with Gasteiger partial charge in [0.15, 0.2) is 0 Å². The van der Waals surface area contributed by atoms with Crippen molar-refractivity contribution in [3.8, 4) is 5.75 Å². The molecule has 0 spiro atoms. The van der Waals surface area contributed by atoms with Crippen LogP contribution in [0.2, 0.25) is 0 Å². The van der Waals surface area contributed by atoms with Gasteiger partial charge in [0.25, 0.3) is 0 Å². The monoisotopic (exact) mass is 291 g/mol. The lowest BCUT2D eigenvalue weighted by atomic mass is 10.2. The molecule has 0 aliphatic heterocycles. The van der Waals surface area contributed by atoms with E-state index in [0.29, 0.717) is 30.3 Å². The normalized spacial score (nSPS) is 11.1. The van der Waals surface area contributed by atoms with Crippen LogP contribution < -0.4 is 10.1 Å². The van der Waals surface area contributed by atoms with Crippen molar-refractivity contribution in [2.75, 3.05) is 13.7 Å². The van der Waals surface area contributed by atoms with Crippen LogP contribution in [-0.4, -0.2) is 23.2 Å². The van der Waals surface area contributed by atoms with Crippen molar-refractivity contribution in [3.63, 3.8) is 0 Å². The number of aromatic nitrogens is 2. The van der Waals surface area contributed by atoms with E-state index in [0.717, 1.165) is 12.4 Å². The lowest BCUT2D eigenvalue weighted by Crippen LogP contribution is -2.21. The van der Waals surface area contributed by atoms with Crippen molar-refractivity contribution >= 4 is 0 Å². The molecule has 0 aliphatic rings. The summed E-state index contributed by atoms with van der Waals surface area (Å²) in [5, 5.41) is 3.35. The minimum atomic E-state index is -0.260. The summed E-state index contributed by atoms with van der Waals surface area (Å²) in [5.74, 6) is 1.77. The summed E-state index contributed by atoms with van der Waals surface area (Å²) in [6.45, 7) is 6.40. The second kappa shape index (κ2) is 7.22. The number of nitrogens with zero attached hydrogens (tertiary/aromatic N) is 2. The molecule has 1 aromatic carbocycles. The highest BCUT2D eigenvalue weighted by atomic mass is 19.1. The van der Waals surface area contributed by atoms with E-state index in [1.54, 1.807) is 18.3 Å². The fourth-order valence-electron chi connectivity index (χ4n) is 2.09. The lowest BCUT2D eigenvalue weighted by Gasteiger charge is -2.11. The zero-order chi connectivity index (χ0) is 15.2. The fraction of sp³-hybridized carbons (Fsp3) is 0.438. The maximum Gasteiger partial charge on any atom is 0.131 e. The van der Waals surface area contributed by atoms with Crippen molar-refractivity contribution in [3.05, 3.63) is 47.8 Å². The SMILES string of the molecule is COc1ccc(Cn2ccnc2CNCC(C)C)c(F)c1. The standard InChI is InChI=1S/C16H22FN3O/c1-12(2)9-18-10-16-19-6-7-20(16)11-13-4-5-14(21-3)8-15(13)17/h4-8,12,18H,9-11H2,1-3H3. The summed E-state index contributed by atoms with van der Waals surface area (Å²) < 4.78 is 21.0. The minimum Gasteiger partial charge on any atom is -0.497 e. The Hall–Kier alpha value is -1.88. The van der Waals surface area contributed by atoms with Crippen LogP contribution in [0.25, 0.3) is 0 Å². The highest BCUT2D eigenvalue weighted by molar-refractivity contribution is 5.29. The van der Waals surface area contributed by atoms with Crippen LogP contribution in [0.1, 0.15) is 25.2 Å². The van der Waals surface area contributed by atoms with E-state index in [9.17, 15) is 4.39 Å². The maximum absolute atomic E-state index is 14.0. The van der Waals surface area contributed by atoms with Crippen LogP contribution in [0.3, 0.4) is 0 Å². The third-order valence-electron chi connectivity index (χ3n) is 3.24. The first-order chi connectivity index (χ1) is 10.1. The molecule has 1 heterocycles. The van der Waals surface area contributed by atoms with Gasteiger partial charge in [0, 0.05) is 24.0 Å². The second-order valence-corrected chi connectivity index (χ2v) is 5.45. The molecule has 0 amide bonds. The van der Waals surface area contributed by atoms with Crippen molar-refractivity contribution in [1.82, 2.24) is 14.9 Å². The predicted molar refractivity (Wildman–Crippen MR) is 80.8 cm³/mol. The first kappa shape index (κ1) is 15.5. The molecular formula is C16H22FN3O. The Balaban J connectivity index is 2.04. The first-order valence-corrected chi connectivity index (χ1v) is 7.13. The zero-order valence-corrected chi connectivity index (χ0v) is 12.8. The maximum atomic E-state index is 14.0. The molecule has 0 fully saturated rings. The van der Waals surface area contributed by atoms with Crippen LogP contribution >= 0.6 is 0 Å². The van der Waals surface area contributed by atoms with Gasteiger partial charge < -0.3 is 14.6 Å². The van der Waals surface area contributed by atoms with E-state index in [4.69, 9.17) is 4.74 Å². The Morgan fingerprint density at radius 2 is 2.19 bits per heavy atom. The highest BCUT2D eigenvalue weighted by Gasteiger charge is 2.08. The molecule has 0 unspecified atom stereocenters. The van der Waals surface area contributed by atoms with Crippen molar-refractivity contribution in [2.24, 2.45) is 5.92 Å². The van der Waals surface area contributed by atoms with Crippen LogP contribution in [0.15, 0.2) is 30.6 Å². The van der Waals surface area contributed by atoms with Crippen LogP contribution in [0.5, 0.6) is 5.75 Å². The van der Waals surface area contributed by atoms with Gasteiger partial charge in [-0.3, -0.25) is 0 Å². The van der Waals surface area contributed by atoms with Gasteiger partial charge in [-0.05, 0) is 18.5 Å². The number of hydrogen-bond donors (Lipinski definition) is 1. The Bertz CT molecular complexity index is 581. The van der Waals surface area contributed by atoms with Gasteiger partial charge in [-0.25, -0.2) is 9.37 Å². The van der Waals surface area contributed by atoms with Crippen LogP contribution in [-0.2, 0) is 13.1 Å². The third-order valence-corrected chi connectivity index (χ3v) is 3.24. The number of methoxy groups -OCH3 is 1. The quantitative estimate of drug-likeness (QED) is 0.852. The van der Waals surface area contributed by atoms with Crippen molar-refractivity contribution in [1.29, 1.82) is 0 Å². The number of benzene rings is 1. The molecule has 114 valence electrons. The van der Waals surface area contributed by atoms with E-state index in [2.05, 4.69) is 24.1 Å². The molecule has 1 N–H and O–H groups in total. The smallest absolute Gasteiger partial charge is 0.131 e. The van der Waals surface area contributed by atoms with E-state index in [1.165, 1.54) is 13.2 Å². The van der Waals surface area contributed by atoms with Gasteiger partial charge in [0.1, 0.15) is 17.4 Å². The molecule has 4 nitrogen and oxygen atoms in total. The predicted octanol–water partition coefficient (Wildman–Crippen LogP) is 2.82. The van der Waals surface area contributed by atoms with Gasteiger partial charge in [-0.2, -0.15) is 0 Å². The molecule has 21 heavy (non-hydrogen) atoms. The minimum absolute atomic E-state index is 0.260. The van der Waals surface area contributed by atoms with Gasteiger partial charge in [0.2, 0.25) is 0 Å². The Labute approximate surface area is 125 Å². The van der Waals surface area contributed by atoms with E-state index in [1.807, 2.05) is 10.8 Å². The zero-order valence-electron chi connectivity index (χ0n) is 12.8. The number of halogens is 1. The number of hydrogen-bond acceptors (Lipinski definition) is 3. The summed E-state index contributed by atoms with van der Waals surface area (Å²) in [6.07, 6.45) is 3.61. The molecule has 0 atom stereocenters. The molecule has 5 heteroatoms. The summed E-state index contributed by atoms with van der Waals surface area (Å²) >= 11 is 0. The topological polar surface area (TPSA) is 39.1 Å². The van der Waals surface area contributed by atoms with E-state index in [-0.39, 0.29) is 5.82 Å². The highest BCUT2D eigenvalue weighted by Crippen LogP contribution is 2.17. The number of ether oxygens (including phenoxy) is 1. The van der Waals surface area contributed by atoms with Gasteiger partial charge in [-0.15, -0.1) is 0 Å². The molecule has 1 aromatic heterocycles. The lowest BCUT2D eigenvalue weighted by molar-refractivity contribution is 0.410. The van der Waals surface area contributed by atoms with E-state index >= 15 is 0 Å². The Morgan fingerprint density at radius 3 is 2.86 bits per heavy atom. The average molecular weight is 291 g/mol. The van der Waals surface area contributed by atoms with Crippen molar-refractivity contribution in [2.45, 2.75) is 26.9 Å². The van der Waals surface area contributed by atoms with Gasteiger partial charge in [0.05, 0.1) is 20.2 Å². The van der Waals surface area contributed by atoms with Crippen molar-refractivity contribution < 1.29 is 9.13 Å². The molecule has 0 saturated heterocycles. The number of imidazole rings is 1. The Morgan fingerprint density at radius 1 is 1.38 bits per heavy atom. The number of nitrogens with one attached hydrogen (secondary N) is 1. The molecule has 2 aromatic rings. The Kier molecular flexibility index (Phi) is 5.33. The average Bonchev–Trinajstić information content (AvgIpc) is 2.88.